The lowest BCUT2D eigenvalue weighted by Crippen LogP contribution is -2.14. The third-order valence-electron chi connectivity index (χ3n) is 4.59. The van der Waals surface area contributed by atoms with Crippen LogP contribution in [0.4, 0.5) is 5.82 Å². The van der Waals surface area contributed by atoms with Crippen LogP contribution in [0.5, 0.6) is 0 Å². The normalized spacial score (nSPS) is 12.6. The predicted molar refractivity (Wildman–Crippen MR) is 117 cm³/mol. The predicted octanol–water partition coefficient (Wildman–Crippen LogP) is 3.61. The van der Waals surface area contributed by atoms with Crippen molar-refractivity contribution in [2.45, 2.75) is 31.5 Å². The van der Waals surface area contributed by atoms with Crippen molar-refractivity contribution in [3.63, 3.8) is 0 Å². The number of hydrogen-bond acceptors (Lipinski definition) is 5. The summed E-state index contributed by atoms with van der Waals surface area (Å²) in [7, 11) is 2.97. The van der Waals surface area contributed by atoms with E-state index in [1.165, 1.54) is 10.9 Å². The van der Waals surface area contributed by atoms with E-state index in [9.17, 15) is 4.21 Å². The zero-order valence-electron chi connectivity index (χ0n) is 17.1. The molecule has 3 aromatic rings. The number of nitrogens with one attached hydrogen (secondary N) is 1. The van der Waals surface area contributed by atoms with Crippen LogP contribution < -0.4 is 5.32 Å². The fourth-order valence-corrected chi connectivity index (χ4v) is 3.61. The van der Waals surface area contributed by atoms with E-state index in [0.29, 0.717) is 5.16 Å². The number of hydrogen-bond donors (Lipinski definition) is 1. The van der Waals surface area contributed by atoms with Gasteiger partial charge in [0.1, 0.15) is 5.82 Å². The van der Waals surface area contributed by atoms with Gasteiger partial charge in [-0.15, -0.1) is 0 Å². The van der Waals surface area contributed by atoms with E-state index >= 15 is 0 Å². The van der Waals surface area contributed by atoms with E-state index in [4.69, 9.17) is 0 Å². The Morgan fingerprint density at radius 1 is 1.18 bits per heavy atom. The molecule has 2 heterocycles. The summed E-state index contributed by atoms with van der Waals surface area (Å²) in [5.74, 6) is 0.721. The highest BCUT2D eigenvalue weighted by Crippen LogP contribution is 2.26. The second-order valence-electron chi connectivity index (χ2n) is 7.24. The van der Waals surface area contributed by atoms with Crippen molar-refractivity contribution < 1.29 is 4.21 Å². The van der Waals surface area contributed by atoms with Crippen LogP contribution in [0.25, 0.3) is 22.2 Å². The lowest BCUT2D eigenvalue weighted by atomic mass is 10.1. The van der Waals surface area contributed by atoms with Gasteiger partial charge in [-0.3, -0.25) is 4.21 Å². The SMILES string of the molecule is CCCNc1cc(-c2ccc3c(ccn3CCCN(C)C)c2)nc(S(C)=O)n1. The fourth-order valence-electron chi connectivity index (χ4n) is 3.16. The van der Waals surface area contributed by atoms with Gasteiger partial charge >= 0.3 is 0 Å². The van der Waals surface area contributed by atoms with Crippen molar-refractivity contribution in [3.8, 4) is 11.3 Å². The van der Waals surface area contributed by atoms with Gasteiger partial charge in [-0.05, 0) is 51.7 Å². The summed E-state index contributed by atoms with van der Waals surface area (Å²) < 4.78 is 14.3. The summed E-state index contributed by atoms with van der Waals surface area (Å²) in [5.41, 5.74) is 3.02. The van der Waals surface area contributed by atoms with Crippen molar-refractivity contribution in [3.05, 3.63) is 36.5 Å². The summed E-state index contributed by atoms with van der Waals surface area (Å²) in [6.07, 6.45) is 5.87. The fraction of sp³-hybridized carbons (Fsp3) is 0.429. The number of aryl methyl sites for hydroxylation is 1. The summed E-state index contributed by atoms with van der Waals surface area (Å²) >= 11 is 0. The molecular formula is C21H29N5OS. The van der Waals surface area contributed by atoms with Gasteiger partial charge < -0.3 is 14.8 Å². The largest absolute Gasteiger partial charge is 0.370 e. The van der Waals surface area contributed by atoms with Crippen LogP contribution in [-0.4, -0.2) is 57.1 Å². The van der Waals surface area contributed by atoms with E-state index in [0.717, 1.165) is 49.6 Å². The molecule has 1 aromatic carbocycles. The molecular weight excluding hydrogens is 370 g/mol. The van der Waals surface area contributed by atoms with Crippen LogP contribution in [0, 0.1) is 0 Å². The topological polar surface area (TPSA) is 63.1 Å². The maximum Gasteiger partial charge on any atom is 0.220 e. The molecule has 0 bridgehead atoms. The van der Waals surface area contributed by atoms with Crippen molar-refractivity contribution >= 4 is 27.5 Å². The number of aromatic nitrogens is 3. The van der Waals surface area contributed by atoms with Gasteiger partial charge in [0.05, 0.1) is 16.5 Å². The minimum Gasteiger partial charge on any atom is -0.370 e. The second kappa shape index (κ2) is 9.30. The molecule has 0 aliphatic rings. The van der Waals surface area contributed by atoms with Gasteiger partial charge in [-0.2, -0.15) is 0 Å². The quantitative estimate of drug-likeness (QED) is 0.557. The molecule has 0 aliphatic heterocycles. The molecule has 150 valence electrons. The van der Waals surface area contributed by atoms with E-state index in [1.54, 1.807) is 6.26 Å². The van der Waals surface area contributed by atoms with Crippen LogP contribution >= 0.6 is 0 Å². The van der Waals surface area contributed by atoms with Gasteiger partial charge in [0, 0.05) is 48.1 Å². The van der Waals surface area contributed by atoms with Gasteiger partial charge in [0.25, 0.3) is 0 Å². The average molecular weight is 400 g/mol. The smallest absolute Gasteiger partial charge is 0.220 e. The molecule has 1 N–H and O–H groups in total. The number of fused-ring (bicyclic) bond motifs is 1. The van der Waals surface area contributed by atoms with Crippen molar-refractivity contribution in [1.82, 2.24) is 19.4 Å². The molecule has 0 saturated heterocycles. The van der Waals surface area contributed by atoms with E-state index in [2.05, 4.69) is 76.2 Å². The first-order valence-corrected chi connectivity index (χ1v) is 11.2. The average Bonchev–Trinajstić information content (AvgIpc) is 3.08. The Kier molecular flexibility index (Phi) is 6.80. The number of benzene rings is 1. The maximum absolute atomic E-state index is 12.0. The number of anilines is 1. The molecule has 0 spiro atoms. The Labute approximate surface area is 169 Å². The molecule has 0 fully saturated rings. The van der Waals surface area contributed by atoms with Crippen LogP contribution in [0.1, 0.15) is 19.8 Å². The second-order valence-corrected chi connectivity index (χ2v) is 8.51. The maximum atomic E-state index is 12.0. The molecule has 0 saturated carbocycles. The molecule has 0 amide bonds. The highest BCUT2D eigenvalue weighted by Gasteiger charge is 2.11. The molecule has 3 rings (SSSR count). The van der Waals surface area contributed by atoms with E-state index in [1.807, 2.05) is 6.07 Å². The summed E-state index contributed by atoms with van der Waals surface area (Å²) in [6, 6.07) is 10.4. The third-order valence-corrected chi connectivity index (χ3v) is 5.29. The Morgan fingerprint density at radius 3 is 2.71 bits per heavy atom. The lowest BCUT2D eigenvalue weighted by molar-refractivity contribution is 0.388. The summed E-state index contributed by atoms with van der Waals surface area (Å²) in [5, 5.41) is 4.82. The molecule has 6 nitrogen and oxygen atoms in total. The molecule has 28 heavy (non-hydrogen) atoms. The molecule has 7 heteroatoms. The minimum atomic E-state index is -1.23. The van der Waals surface area contributed by atoms with Gasteiger partial charge in [0.15, 0.2) is 0 Å². The van der Waals surface area contributed by atoms with Crippen LogP contribution in [-0.2, 0) is 17.3 Å². The highest BCUT2D eigenvalue weighted by molar-refractivity contribution is 7.84. The minimum absolute atomic E-state index is 0.359. The molecule has 1 atom stereocenters. The Balaban J connectivity index is 1.90. The first-order valence-electron chi connectivity index (χ1n) is 9.68. The zero-order valence-corrected chi connectivity index (χ0v) is 17.9. The summed E-state index contributed by atoms with van der Waals surface area (Å²) in [6.45, 7) is 4.99. The van der Waals surface area contributed by atoms with E-state index < -0.39 is 10.8 Å². The Hall–Kier alpha value is -2.25. The Morgan fingerprint density at radius 2 is 2.00 bits per heavy atom. The molecule has 0 aliphatic carbocycles. The lowest BCUT2D eigenvalue weighted by Gasteiger charge is -2.11. The van der Waals surface area contributed by atoms with Crippen molar-refractivity contribution in [2.75, 3.05) is 38.8 Å². The van der Waals surface area contributed by atoms with Gasteiger partial charge in [-0.1, -0.05) is 13.0 Å². The monoisotopic (exact) mass is 399 g/mol. The third kappa shape index (κ3) is 4.97. The van der Waals surface area contributed by atoms with E-state index in [-0.39, 0.29) is 0 Å². The number of rotatable bonds is 9. The highest BCUT2D eigenvalue weighted by atomic mass is 32.2. The zero-order chi connectivity index (χ0) is 20.1. The summed E-state index contributed by atoms with van der Waals surface area (Å²) in [4.78, 5) is 11.1. The molecule has 2 aromatic heterocycles. The van der Waals surface area contributed by atoms with Crippen molar-refractivity contribution in [1.29, 1.82) is 0 Å². The molecule has 1 unspecified atom stereocenters. The Bertz CT molecular complexity index is 967. The first kappa shape index (κ1) is 20.5. The number of nitrogens with zero attached hydrogens (tertiary/aromatic N) is 4. The van der Waals surface area contributed by atoms with Crippen LogP contribution in [0.15, 0.2) is 41.7 Å². The van der Waals surface area contributed by atoms with Crippen molar-refractivity contribution in [2.24, 2.45) is 0 Å². The van der Waals surface area contributed by atoms with Crippen LogP contribution in [0.2, 0.25) is 0 Å². The van der Waals surface area contributed by atoms with Gasteiger partial charge in [-0.25, -0.2) is 9.97 Å². The molecule has 0 radical (unpaired) electrons. The first-order chi connectivity index (χ1) is 13.5. The van der Waals surface area contributed by atoms with Crippen LogP contribution in [0.3, 0.4) is 0 Å². The standard InChI is InChI=1S/C21H29N5OS/c1-5-10-22-20-15-18(23-21(24-20)28(4)27)16-7-8-19-17(14-16)9-13-26(19)12-6-11-25(2)3/h7-9,13-15H,5-6,10-12H2,1-4H3,(H,22,23,24). The van der Waals surface area contributed by atoms with Gasteiger partial charge in [0.2, 0.25) is 5.16 Å².